The normalized spacial score (nSPS) is 11.2. The van der Waals surface area contributed by atoms with Crippen LogP contribution >= 0.6 is 0 Å². The molecule has 0 aliphatic rings. The van der Waals surface area contributed by atoms with Crippen molar-refractivity contribution in [2.45, 2.75) is 19.5 Å². The molecule has 2 aromatic carbocycles. The van der Waals surface area contributed by atoms with Gasteiger partial charge in [-0.3, -0.25) is 4.79 Å². The highest BCUT2D eigenvalue weighted by Crippen LogP contribution is 2.32. The molecule has 0 amide bonds. The Kier molecular flexibility index (Phi) is 4.31. The van der Waals surface area contributed by atoms with E-state index in [0.717, 1.165) is 24.0 Å². The van der Waals surface area contributed by atoms with Crippen LogP contribution in [0.25, 0.3) is 0 Å². The second-order valence-electron chi connectivity index (χ2n) is 4.42. The summed E-state index contributed by atoms with van der Waals surface area (Å²) in [5.74, 6) is 0.766. The molecule has 0 spiro atoms. The molecule has 2 nitrogen and oxygen atoms in total. The van der Waals surface area contributed by atoms with E-state index in [1.54, 1.807) is 18.2 Å². The third kappa shape index (κ3) is 3.42. The van der Waals surface area contributed by atoms with Gasteiger partial charge in [0.15, 0.2) is 0 Å². The summed E-state index contributed by atoms with van der Waals surface area (Å²) in [5, 5.41) is 0. The molecule has 0 aliphatic heterocycles. The van der Waals surface area contributed by atoms with Gasteiger partial charge in [-0.1, -0.05) is 19.1 Å². The Morgan fingerprint density at radius 2 is 1.76 bits per heavy atom. The van der Waals surface area contributed by atoms with E-state index in [4.69, 9.17) is 4.74 Å². The highest BCUT2D eigenvalue weighted by atomic mass is 19.4. The third-order valence-corrected chi connectivity index (χ3v) is 3.06. The van der Waals surface area contributed by atoms with Crippen molar-refractivity contribution in [1.82, 2.24) is 0 Å². The van der Waals surface area contributed by atoms with Crippen LogP contribution in [0.5, 0.6) is 11.5 Å². The number of halogens is 3. The molecule has 110 valence electrons. The molecule has 5 heteroatoms. The summed E-state index contributed by atoms with van der Waals surface area (Å²) >= 11 is 0. The molecule has 0 fully saturated rings. The number of hydrogen-bond donors (Lipinski definition) is 0. The maximum Gasteiger partial charge on any atom is 0.416 e. The molecule has 0 saturated heterocycles. The summed E-state index contributed by atoms with van der Waals surface area (Å²) < 4.78 is 43.0. The van der Waals surface area contributed by atoms with Crippen molar-refractivity contribution in [1.29, 1.82) is 0 Å². The summed E-state index contributed by atoms with van der Waals surface area (Å²) in [4.78, 5) is 11.0. The zero-order valence-electron chi connectivity index (χ0n) is 11.3. The van der Waals surface area contributed by atoms with Gasteiger partial charge in [0.2, 0.25) is 0 Å². The van der Waals surface area contributed by atoms with Gasteiger partial charge in [0.05, 0.1) is 5.56 Å². The fraction of sp³-hybridized carbons (Fsp3) is 0.188. The van der Waals surface area contributed by atoms with Crippen LogP contribution in [0.15, 0.2) is 42.5 Å². The standard InChI is InChI=1S/C16H13F3O2/c1-2-14-11(10-20)4-3-5-15(14)21-13-8-6-12(7-9-13)16(17,18)19/h3-10H,2H2,1H3. The van der Waals surface area contributed by atoms with Crippen LogP contribution in [0.1, 0.15) is 28.4 Å². The van der Waals surface area contributed by atoms with E-state index in [1.165, 1.54) is 12.1 Å². The van der Waals surface area contributed by atoms with E-state index >= 15 is 0 Å². The molecule has 0 bridgehead atoms. The van der Waals surface area contributed by atoms with Crippen molar-refractivity contribution in [3.05, 3.63) is 59.2 Å². The largest absolute Gasteiger partial charge is 0.457 e. The third-order valence-electron chi connectivity index (χ3n) is 3.06. The predicted molar refractivity (Wildman–Crippen MR) is 72.7 cm³/mol. The molecule has 2 rings (SSSR count). The maximum atomic E-state index is 12.5. The second kappa shape index (κ2) is 5.99. The topological polar surface area (TPSA) is 26.3 Å². The van der Waals surface area contributed by atoms with Gasteiger partial charge in [-0.05, 0) is 36.8 Å². The molecule has 0 aliphatic carbocycles. The monoisotopic (exact) mass is 294 g/mol. The lowest BCUT2D eigenvalue weighted by Gasteiger charge is -2.12. The number of alkyl halides is 3. The lowest BCUT2D eigenvalue weighted by atomic mass is 10.1. The lowest BCUT2D eigenvalue weighted by Crippen LogP contribution is -2.04. The first-order valence-corrected chi connectivity index (χ1v) is 6.38. The van der Waals surface area contributed by atoms with Gasteiger partial charge >= 0.3 is 6.18 Å². The zero-order chi connectivity index (χ0) is 15.5. The van der Waals surface area contributed by atoms with Crippen LogP contribution in [-0.2, 0) is 12.6 Å². The van der Waals surface area contributed by atoms with Crippen molar-refractivity contribution >= 4 is 6.29 Å². The van der Waals surface area contributed by atoms with Gasteiger partial charge in [0.25, 0.3) is 0 Å². The van der Waals surface area contributed by atoms with Crippen molar-refractivity contribution in [2.75, 3.05) is 0 Å². The van der Waals surface area contributed by atoms with Gasteiger partial charge in [-0.2, -0.15) is 13.2 Å². The molecular formula is C16H13F3O2. The van der Waals surface area contributed by atoms with E-state index in [2.05, 4.69) is 0 Å². The number of aldehydes is 1. The van der Waals surface area contributed by atoms with Crippen LogP contribution in [-0.4, -0.2) is 6.29 Å². The molecule has 0 saturated carbocycles. The average molecular weight is 294 g/mol. The van der Waals surface area contributed by atoms with Gasteiger partial charge in [0.1, 0.15) is 17.8 Å². The average Bonchev–Trinajstić information content (AvgIpc) is 2.46. The Morgan fingerprint density at radius 3 is 2.29 bits per heavy atom. The highest BCUT2D eigenvalue weighted by Gasteiger charge is 2.30. The number of benzene rings is 2. The number of hydrogen-bond acceptors (Lipinski definition) is 2. The van der Waals surface area contributed by atoms with E-state index in [0.29, 0.717) is 23.5 Å². The first-order chi connectivity index (χ1) is 9.95. The van der Waals surface area contributed by atoms with Crippen molar-refractivity contribution in [3.63, 3.8) is 0 Å². The Morgan fingerprint density at radius 1 is 1.10 bits per heavy atom. The molecule has 2 aromatic rings. The fourth-order valence-corrected chi connectivity index (χ4v) is 2.01. The van der Waals surface area contributed by atoms with Gasteiger partial charge in [0, 0.05) is 11.1 Å². The highest BCUT2D eigenvalue weighted by molar-refractivity contribution is 5.78. The minimum absolute atomic E-state index is 0.292. The molecule has 21 heavy (non-hydrogen) atoms. The molecule has 0 atom stereocenters. The number of carbonyl (C=O) groups excluding carboxylic acids is 1. The molecule has 0 heterocycles. The molecule has 0 unspecified atom stereocenters. The van der Waals surface area contributed by atoms with Crippen LogP contribution < -0.4 is 4.74 Å². The summed E-state index contributed by atoms with van der Waals surface area (Å²) in [6, 6.07) is 9.47. The molecular weight excluding hydrogens is 281 g/mol. The first kappa shape index (κ1) is 15.1. The second-order valence-corrected chi connectivity index (χ2v) is 4.42. The van der Waals surface area contributed by atoms with Crippen molar-refractivity contribution in [2.24, 2.45) is 0 Å². The first-order valence-electron chi connectivity index (χ1n) is 6.38. The molecule has 0 aromatic heterocycles. The van der Waals surface area contributed by atoms with E-state index in [1.807, 2.05) is 6.92 Å². The summed E-state index contributed by atoms with van der Waals surface area (Å²) in [7, 11) is 0. The van der Waals surface area contributed by atoms with Crippen LogP contribution in [0, 0.1) is 0 Å². The molecule has 0 N–H and O–H groups in total. The Balaban J connectivity index is 2.28. The van der Waals surface area contributed by atoms with Crippen LogP contribution in [0.2, 0.25) is 0 Å². The van der Waals surface area contributed by atoms with Crippen LogP contribution in [0.4, 0.5) is 13.2 Å². The Hall–Kier alpha value is -2.30. The van der Waals surface area contributed by atoms with E-state index in [-0.39, 0.29) is 0 Å². The minimum atomic E-state index is -4.37. The smallest absolute Gasteiger partial charge is 0.416 e. The van der Waals surface area contributed by atoms with Crippen LogP contribution in [0.3, 0.4) is 0 Å². The predicted octanol–water partition coefficient (Wildman–Crippen LogP) is 4.87. The van der Waals surface area contributed by atoms with Crippen molar-refractivity contribution in [3.8, 4) is 11.5 Å². The number of ether oxygens (including phenoxy) is 1. The summed E-state index contributed by atoms with van der Waals surface area (Å²) in [5.41, 5.74) is 0.515. The van der Waals surface area contributed by atoms with Gasteiger partial charge in [-0.15, -0.1) is 0 Å². The van der Waals surface area contributed by atoms with Gasteiger partial charge in [-0.25, -0.2) is 0 Å². The fourth-order valence-electron chi connectivity index (χ4n) is 2.01. The number of carbonyl (C=O) groups is 1. The summed E-state index contributed by atoms with van der Waals surface area (Å²) in [6.45, 7) is 1.88. The van der Waals surface area contributed by atoms with Crippen molar-refractivity contribution < 1.29 is 22.7 Å². The molecule has 0 radical (unpaired) electrons. The lowest BCUT2D eigenvalue weighted by molar-refractivity contribution is -0.137. The Bertz CT molecular complexity index is 631. The quantitative estimate of drug-likeness (QED) is 0.752. The maximum absolute atomic E-state index is 12.5. The van der Waals surface area contributed by atoms with E-state index in [9.17, 15) is 18.0 Å². The van der Waals surface area contributed by atoms with E-state index < -0.39 is 11.7 Å². The summed E-state index contributed by atoms with van der Waals surface area (Å²) in [6.07, 6.45) is -3.05. The SMILES string of the molecule is CCc1c(C=O)cccc1Oc1ccc(C(F)(F)F)cc1. The zero-order valence-corrected chi connectivity index (χ0v) is 11.3. The Labute approximate surface area is 120 Å². The number of rotatable bonds is 4. The van der Waals surface area contributed by atoms with Gasteiger partial charge < -0.3 is 4.74 Å². The minimum Gasteiger partial charge on any atom is -0.457 e.